The molecule has 2 heterocycles. The molecule has 0 unspecified atom stereocenters. The van der Waals surface area contributed by atoms with E-state index in [-0.39, 0.29) is 68.9 Å². The SMILES string of the molecule is C[C@@H]1C[C@@H]2O[C@H]2/C=C\C=C\C(=O)Cc2c(Cl)c(OCC(=O)Sc3ccccc3)cc(OCC(=O)Sc3ccccc3)c2C(=O)O1. The topological polar surface area (TPSA) is 108 Å². The van der Waals surface area contributed by atoms with E-state index in [0.717, 1.165) is 33.3 Å². The average molecular weight is 665 g/mol. The van der Waals surface area contributed by atoms with Crippen LogP contribution in [-0.2, 0) is 30.3 Å². The van der Waals surface area contributed by atoms with Crippen LogP contribution in [0.1, 0.15) is 29.3 Å². The number of epoxide rings is 1. The average Bonchev–Trinajstić information content (AvgIpc) is 3.76. The summed E-state index contributed by atoms with van der Waals surface area (Å²) in [5.74, 6) is -1.18. The van der Waals surface area contributed by atoms with Gasteiger partial charge < -0.3 is 18.9 Å². The van der Waals surface area contributed by atoms with Crippen LogP contribution in [0, 0.1) is 0 Å². The molecule has 0 aromatic heterocycles. The minimum atomic E-state index is -0.776. The van der Waals surface area contributed by atoms with Crippen LogP contribution in [0.2, 0.25) is 5.02 Å². The van der Waals surface area contributed by atoms with Crippen molar-refractivity contribution in [1.82, 2.24) is 0 Å². The standard InChI is InChI=1S/C34H29ClO8S2/c1-21-16-27-26(43-27)15-9-8-10-22(36)17-25-32(34(39)42-21)28(40-19-30(37)44-23-11-4-2-5-12-23)18-29(33(25)35)41-20-31(38)45-24-13-6-3-7-14-24/h2-15,18,21,26-27H,16-17,19-20H2,1H3/b10-8+,15-9-/t21-,26+,27+/m1/s1. The molecule has 0 spiro atoms. The van der Waals surface area contributed by atoms with Crippen molar-refractivity contribution in [3.05, 3.63) is 107 Å². The van der Waals surface area contributed by atoms with Gasteiger partial charge in [-0.2, -0.15) is 0 Å². The van der Waals surface area contributed by atoms with E-state index >= 15 is 0 Å². The zero-order valence-corrected chi connectivity index (χ0v) is 26.6. The molecular formula is C34H29ClO8S2. The van der Waals surface area contributed by atoms with E-state index in [9.17, 15) is 19.2 Å². The highest BCUT2D eigenvalue weighted by Gasteiger charge is 2.38. The Morgan fingerprint density at radius 1 is 0.889 bits per heavy atom. The number of carbonyl (C=O) groups excluding carboxylic acids is 4. The fraction of sp³-hybridized carbons (Fsp3) is 0.235. The predicted octanol–water partition coefficient (Wildman–Crippen LogP) is 6.68. The summed E-state index contributed by atoms with van der Waals surface area (Å²) in [7, 11) is 0. The van der Waals surface area contributed by atoms with Gasteiger partial charge in [-0.1, -0.05) is 66.2 Å². The van der Waals surface area contributed by atoms with Crippen LogP contribution < -0.4 is 9.47 Å². The summed E-state index contributed by atoms with van der Waals surface area (Å²) in [4.78, 5) is 53.7. The Labute approximate surface area is 274 Å². The van der Waals surface area contributed by atoms with Gasteiger partial charge in [-0.3, -0.25) is 14.4 Å². The quantitative estimate of drug-likeness (QED) is 0.147. The lowest BCUT2D eigenvalue weighted by Gasteiger charge is -2.20. The molecule has 0 amide bonds. The van der Waals surface area contributed by atoms with Crippen LogP contribution in [0.3, 0.4) is 0 Å². The molecule has 232 valence electrons. The van der Waals surface area contributed by atoms with Crippen LogP contribution in [0.5, 0.6) is 11.5 Å². The zero-order valence-electron chi connectivity index (χ0n) is 24.2. The van der Waals surface area contributed by atoms with E-state index in [1.807, 2.05) is 42.5 Å². The Hall–Kier alpha value is -3.83. The molecule has 0 radical (unpaired) electrons. The Bertz CT molecular complexity index is 1620. The van der Waals surface area contributed by atoms with Gasteiger partial charge in [0.05, 0.1) is 11.1 Å². The highest BCUT2D eigenvalue weighted by molar-refractivity contribution is 8.14. The van der Waals surface area contributed by atoms with E-state index in [4.69, 9.17) is 30.5 Å². The maximum absolute atomic E-state index is 13.7. The lowest BCUT2D eigenvalue weighted by Crippen LogP contribution is -2.21. The Balaban J connectivity index is 1.46. The minimum absolute atomic E-state index is 0.0171. The summed E-state index contributed by atoms with van der Waals surface area (Å²) < 4.78 is 23.1. The summed E-state index contributed by atoms with van der Waals surface area (Å²) in [5, 5.41) is -0.666. The maximum atomic E-state index is 13.7. The van der Waals surface area contributed by atoms with Crippen molar-refractivity contribution in [1.29, 1.82) is 0 Å². The first-order chi connectivity index (χ1) is 21.8. The molecule has 3 aromatic carbocycles. The lowest BCUT2D eigenvalue weighted by atomic mass is 9.99. The number of ether oxygens (including phenoxy) is 4. The molecule has 0 N–H and O–H groups in total. The molecule has 0 saturated carbocycles. The van der Waals surface area contributed by atoms with E-state index in [1.165, 1.54) is 12.1 Å². The molecular weight excluding hydrogens is 636 g/mol. The van der Waals surface area contributed by atoms with Crippen molar-refractivity contribution in [3.63, 3.8) is 0 Å². The molecule has 3 atom stereocenters. The first-order valence-corrected chi connectivity index (χ1v) is 16.1. The Kier molecular flexibility index (Phi) is 11.2. The van der Waals surface area contributed by atoms with Crippen LogP contribution in [-0.4, -0.2) is 53.5 Å². The smallest absolute Gasteiger partial charge is 0.342 e. The lowest BCUT2D eigenvalue weighted by molar-refractivity contribution is -0.114. The van der Waals surface area contributed by atoms with Crippen molar-refractivity contribution in [2.75, 3.05) is 13.2 Å². The number of hydrogen-bond donors (Lipinski definition) is 0. The van der Waals surface area contributed by atoms with E-state index < -0.39 is 18.7 Å². The number of esters is 1. The number of halogens is 1. The summed E-state index contributed by atoms with van der Waals surface area (Å²) in [6.07, 6.45) is 5.91. The molecule has 2 aliphatic heterocycles. The molecule has 11 heteroatoms. The van der Waals surface area contributed by atoms with Gasteiger partial charge in [-0.15, -0.1) is 0 Å². The zero-order chi connectivity index (χ0) is 31.8. The summed E-state index contributed by atoms with van der Waals surface area (Å²) in [5.41, 5.74) is 0.00763. The molecule has 1 saturated heterocycles. The van der Waals surface area contributed by atoms with Crippen molar-refractivity contribution in [2.45, 2.75) is 47.9 Å². The fourth-order valence-corrected chi connectivity index (χ4v) is 6.16. The highest BCUT2D eigenvalue weighted by Crippen LogP contribution is 2.40. The van der Waals surface area contributed by atoms with Gasteiger partial charge in [0, 0.05) is 34.3 Å². The highest BCUT2D eigenvalue weighted by atomic mass is 35.5. The number of rotatable bonds is 8. The number of hydrogen-bond acceptors (Lipinski definition) is 10. The molecule has 8 nitrogen and oxygen atoms in total. The third kappa shape index (κ3) is 9.34. The summed E-state index contributed by atoms with van der Waals surface area (Å²) >= 11 is 8.76. The van der Waals surface area contributed by atoms with Crippen LogP contribution in [0.4, 0.5) is 0 Å². The molecule has 3 aromatic rings. The number of fused-ring (bicyclic) bond motifs is 2. The number of cyclic esters (lactones) is 1. The van der Waals surface area contributed by atoms with E-state index in [0.29, 0.717) is 6.42 Å². The first kappa shape index (κ1) is 32.6. The number of benzene rings is 3. The van der Waals surface area contributed by atoms with Gasteiger partial charge in [0.25, 0.3) is 0 Å². The van der Waals surface area contributed by atoms with Gasteiger partial charge >= 0.3 is 5.97 Å². The van der Waals surface area contributed by atoms with Gasteiger partial charge in [-0.05, 0) is 60.8 Å². The molecule has 2 aliphatic rings. The molecule has 0 aliphatic carbocycles. The number of carbonyl (C=O) groups is 4. The molecule has 1 fully saturated rings. The van der Waals surface area contributed by atoms with Crippen molar-refractivity contribution in [2.24, 2.45) is 0 Å². The van der Waals surface area contributed by atoms with Crippen LogP contribution in [0.15, 0.2) is 101 Å². The van der Waals surface area contributed by atoms with Gasteiger partial charge in [0.15, 0.2) is 19.0 Å². The number of ketones is 1. The summed E-state index contributed by atoms with van der Waals surface area (Å²) in [6, 6.07) is 19.5. The largest absolute Gasteiger partial charge is 0.484 e. The van der Waals surface area contributed by atoms with Crippen molar-refractivity contribution < 1.29 is 38.1 Å². The van der Waals surface area contributed by atoms with Crippen molar-refractivity contribution >= 4 is 57.1 Å². The van der Waals surface area contributed by atoms with Crippen LogP contribution >= 0.6 is 35.1 Å². The minimum Gasteiger partial charge on any atom is -0.484 e. The third-order valence-electron chi connectivity index (χ3n) is 6.68. The Morgan fingerprint density at radius 3 is 2.11 bits per heavy atom. The first-order valence-electron chi connectivity index (χ1n) is 14.1. The summed E-state index contributed by atoms with van der Waals surface area (Å²) in [6.45, 7) is 0.977. The molecule has 45 heavy (non-hydrogen) atoms. The number of thioether (sulfide) groups is 2. The second kappa shape index (κ2) is 15.4. The monoisotopic (exact) mass is 664 g/mol. The van der Waals surface area contributed by atoms with Gasteiger partial charge in [0.2, 0.25) is 10.2 Å². The number of allylic oxidation sites excluding steroid dienone is 3. The van der Waals surface area contributed by atoms with Gasteiger partial charge in [-0.25, -0.2) is 4.79 Å². The van der Waals surface area contributed by atoms with Crippen molar-refractivity contribution in [3.8, 4) is 11.5 Å². The van der Waals surface area contributed by atoms with E-state index in [1.54, 1.807) is 43.3 Å². The second-order valence-electron chi connectivity index (χ2n) is 10.2. The maximum Gasteiger partial charge on any atom is 0.342 e. The Morgan fingerprint density at radius 2 is 1.49 bits per heavy atom. The third-order valence-corrected chi connectivity index (χ3v) is 8.80. The molecule has 0 bridgehead atoms. The van der Waals surface area contributed by atoms with E-state index in [2.05, 4.69) is 0 Å². The fourth-order valence-electron chi connectivity index (χ4n) is 4.54. The second-order valence-corrected chi connectivity index (χ2v) is 12.8. The predicted molar refractivity (Wildman–Crippen MR) is 172 cm³/mol. The molecule has 5 rings (SSSR count). The normalized spacial score (nSPS) is 20.9. The van der Waals surface area contributed by atoms with Crippen LogP contribution in [0.25, 0.3) is 0 Å². The van der Waals surface area contributed by atoms with Gasteiger partial charge in [0.1, 0.15) is 29.3 Å².